The molecule has 1 aliphatic carbocycles. The molecular formula is C16H23NO2. The predicted octanol–water partition coefficient (Wildman–Crippen LogP) is 2.86. The van der Waals surface area contributed by atoms with E-state index in [1.165, 1.54) is 0 Å². The molecule has 1 fully saturated rings. The van der Waals surface area contributed by atoms with Crippen molar-refractivity contribution in [3.63, 3.8) is 0 Å². The largest absolute Gasteiger partial charge is 0.480 e. The minimum absolute atomic E-state index is 0.311. The fourth-order valence-electron chi connectivity index (χ4n) is 3.03. The fraction of sp³-hybridized carbons (Fsp3) is 0.562. The third-order valence-corrected chi connectivity index (χ3v) is 4.16. The Morgan fingerprint density at radius 1 is 1.32 bits per heavy atom. The van der Waals surface area contributed by atoms with Crippen LogP contribution in [0.15, 0.2) is 30.3 Å². The van der Waals surface area contributed by atoms with Crippen molar-refractivity contribution in [2.24, 2.45) is 17.8 Å². The molecule has 3 atom stereocenters. The summed E-state index contributed by atoms with van der Waals surface area (Å²) >= 11 is 0. The van der Waals surface area contributed by atoms with Gasteiger partial charge in [0.05, 0.1) is 0 Å². The van der Waals surface area contributed by atoms with Crippen LogP contribution >= 0.6 is 0 Å². The summed E-state index contributed by atoms with van der Waals surface area (Å²) in [5.74, 6) is 0.772. The molecule has 3 heteroatoms. The van der Waals surface area contributed by atoms with Crippen LogP contribution in [0.5, 0.6) is 0 Å². The normalized spacial score (nSPS) is 23.6. The molecule has 1 aromatic rings. The lowest BCUT2D eigenvalue weighted by atomic mass is 10.0. The smallest absolute Gasteiger partial charge is 0.321 e. The highest BCUT2D eigenvalue weighted by atomic mass is 16.4. The van der Waals surface area contributed by atoms with Gasteiger partial charge in [-0.25, -0.2) is 0 Å². The molecule has 19 heavy (non-hydrogen) atoms. The molecule has 0 aliphatic heterocycles. The number of aliphatic carboxylic acids is 1. The number of nitrogens with zero attached hydrogens (tertiary/aromatic N) is 1. The van der Waals surface area contributed by atoms with Crippen LogP contribution in [0.4, 0.5) is 0 Å². The monoisotopic (exact) mass is 261 g/mol. The van der Waals surface area contributed by atoms with E-state index < -0.39 is 5.97 Å². The molecule has 1 aromatic carbocycles. The number of likely N-dealkylation sites (N-methyl/N-ethyl adjacent to an activating group) is 1. The van der Waals surface area contributed by atoms with Crippen LogP contribution < -0.4 is 0 Å². The van der Waals surface area contributed by atoms with Crippen LogP contribution in [0.25, 0.3) is 0 Å². The van der Waals surface area contributed by atoms with Gasteiger partial charge in [0.15, 0.2) is 0 Å². The Kier molecular flexibility index (Phi) is 4.25. The van der Waals surface area contributed by atoms with Gasteiger partial charge in [-0.2, -0.15) is 0 Å². The van der Waals surface area contributed by atoms with Crippen molar-refractivity contribution in [1.29, 1.82) is 0 Å². The molecule has 1 saturated carbocycles. The van der Waals surface area contributed by atoms with Crippen molar-refractivity contribution in [2.45, 2.75) is 32.9 Å². The second-order valence-electron chi connectivity index (χ2n) is 5.99. The minimum Gasteiger partial charge on any atom is -0.480 e. The average Bonchev–Trinajstić information content (AvgIpc) is 3.10. The lowest BCUT2D eigenvalue weighted by Gasteiger charge is -2.25. The van der Waals surface area contributed by atoms with Crippen molar-refractivity contribution in [2.75, 3.05) is 7.05 Å². The summed E-state index contributed by atoms with van der Waals surface area (Å²) in [7, 11) is 1.92. The summed E-state index contributed by atoms with van der Waals surface area (Å²) in [4.78, 5) is 13.5. The Hall–Kier alpha value is -1.35. The maximum atomic E-state index is 11.5. The summed E-state index contributed by atoms with van der Waals surface area (Å²) in [5.41, 5.74) is 1.16. The van der Waals surface area contributed by atoms with Gasteiger partial charge in [-0.05, 0) is 36.8 Å². The van der Waals surface area contributed by atoms with Gasteiger partial charge in [-0.3, -0.25) is 9.69 Å². The number of carbonyl (C=O) groups is 1. The van der Waals surface area contributed by atoms with Gasteiger partial charge >= 0.3 is 5.97 Å². The first-order valence-electron chi connectivity index (χ1n) is 6.97. The van der Waals surface area contributed by atoms with Crippen LogP contribution in [0.1, 0.15) is 25.8 Å². The summed E-state index contributed by atoms with van der Waals surface area (Å²) < 4.78 is 0. The molecule has 0 saturated heterocycles. The topological polar surface area (TPSA) is 40.5 Å². The lowest BCUT2D eigenvalue weighted by molar-refractivity contribution is -0.144. The Bertz CT molecular complexity index is 430. The maximum Gasteiger partial charge on any atom is 0.321 e. The summed E-state index contributed by atoms with van der Waals surface area (Å²) in [6, 6.07) is 9.70. The first kappa shape index (κ1) is 14.1. The highest BCUT2D eigenvalue weighted by molar-refractivity contribution is 5.74. The third kappa shape index (κ3) is 3.35. The van der Waals surface area contributed by atoms with Crippen molar-refractivity contribution in [1.82, 2.24) is 4.90 Å². The van der Waals surface area contributed by atoms with E-state index in [1.54, 1.807) is 0 Å². The second kappa shape index (κ2) is 5.74. The number of rotatable bonds is 6. The summed E-state index contributed by atoms with van der Waals surface area (Å²) in [6.07, 6.45) is 1.05. The number of benzene rings is 1. The summed E-state index contributed by atoms with van der Waals surface area (Å²) in [5, 5.41) is 9.49. The molecule has 3 nitrogen and oxygen atoms in total. The van der Waals surface area contributed by atoms with E-state index in [9.17, 15) is 9.90 Å². The molecule has 0 bridgehead atoms. The SMILES string of the molecule is CC(C)C1CC1C(C(=O)O)N(C)Cc1ccccc1. The zero-order chi connectivity index (χ0) is 14.0. The molecule has 2 rings (SSSR count). The van der Waals surface area contributed by atoms with E-state index in [-0.39, 0.29) is 6.04 Å². The molecule has 104 valence electrons. The van der Waals surface area contributed by atoms with Gasteiger partial charge in [-0.1, -0.05) is 44.2 Å². The van der Waals surface area contributed by atoms with Crippen molar-refractivity contribution in [3.05, 3.63) is 35.9 Å². The number of carboxylic acid groups (broad SMARTS) is 1. The van der Waals surface area contributed by atoms with Crippen molar-refractivity contribution < 1.29 is 9.90 Å². The van der Waals surface area contributed by atoms with Crippen LogP contribution in [-0.2, 0) is 11.3 Å². The molecule has 1 aliphatic rings. The maximum absolute atomic E-state index is 11.5. The van der Waals surface area contributed by atoms with Gasteiger partial charge in [0.2, 0.25) is 0 Å². The van der Waals surface area contributed by atoms with E-state index in [0.717, 1.165) is 12.0 Å². The first-order chi connectivity index (χ1) is 9.00. The van der Waals surface area contributed by atoms with E-state index in [0.29, 0.717) is 24.3 Å². The quantitative estimate of drug-likeness (QED) is 0.856. The van der Waals surface area contributed by atoms with Gasteiger partial charge in [0.25, 0.3) is 0 Å². The molecule has 0 aromatic heterocycles. The van der Waals surface area contributed by atoms with Crippen LogP contribution in [0.3, 0.4) is 0 Å². The first-order valence-corrected chi connectivity index (χ1v) is 6.97. The van der Waals surface area contributed by atoms with Crippen molar-refractivity contribution >= 4 is 5.97 Å². The molecule has 3 unspecified atom stereocenters. The number of carboxylic acids is 1. The third-order valence-electron chi connectivity index (χ3n) is 4.16. The zero-order valence-corrected chi connectivity index (χ0v) is 11.9. The molecule has 0 amide bonds. The molecule has 0 heterocycles. The Balaban J connectivity index is 2.02. The summed E-state index contributed by atoms with van der Waals surface area (Å²) in [6.45, 7) is 5.06. The number of hydrogen-bond donors (Lipinski definition) is 1. The Labute approximate surface area is 115 Å². The molecule has 0 radical (unpaired) electrons. The van der Waals surface area contributed by atoms with Crippen molar-refractivity contribution in [3.8, 4) is 0 Å². The molecular weight excluding hydrogens is 238 g/mol. The van der Waals surface area contributed by atoms with E-state index in [4.69, 9.17) is 0 Å². The highest BCUT2D eigenvalue weighted by Gasteiger charge is 2.48. The Morgan fingerprint density at radius 3 is 2.42 bits per heavy atom. The van der Waals surface area contributed by atoms with Gasteiger partial charge in [-0.15, -0.1) is 0 Å². The van der Waals surface area contributed by atoms with Gasteiger partial charge in [0, 0.05) is 6.54 Å². The minimum atomic E-state index is -0.688. The Morgan fingerprint density at radius 2 is 1.95 bits per heavy atom. The van der Waals surface area contributed by atoms with Crippen LogP contribution in [0, 0.1) is 17.8 Å². The zero-order valence-electron chi connectivity index (χ0n) is 11.9. The van der Waals surface area contributed by atoms with Gasteiger partial charge < -0.3 is 5.11 Å². The van der Waals surface area contributed by atoms with E-state index in [1.807, 2.05) is 42.3 Å². The number of hydrogen-bond acceptors (Lipinski definition) is 2. The van der Waals surface area contributed by atoms with E-state index >= 15 is 0 Å². The van der Waals surface area contributed by atoms with Crippen LogP contribution in [0.2, 0.25) is 0 Å². The fourth-order valence-corrected chi connectivity index (χ4v) is 3.03. The highest BCUT2D eigenvalue weighted by Crippen LogP contribution is 2.47. The molecule has 1 N–H and O–H groups in total. The second-order valence-corrected chi connectivity index (χ2v) is 5.99. The molecule has 0 spiro atoms. The average molecular weight is 261 g/mol. The standard InChI is InChI=1S/C16H23NO2/c1-11(2)13-9-14(13)15(16(18)19)17(3)10-12-7-5-4-6-8-12/h4-8,11,13-15H,9-10H2,1-3H3,(H,18,19). The van der Waals surface area contributed by atoms with Crippen LogP contribution in [-0.4, -0.2) is 29.1 Å². The van der Waals surface area contributed by atoms with Gasteiger partial charge in [0.1, 0.15) is 6.04 Å². The predicted molar refractivity (Wildman–Crippen MR) is 75.8 cm³/mol. The van der Waals surface area contributed by atoms with E-state index in [2.05, 4.69) is 13.8 Å². The lowest BCUT2D eigenvalue weighted by Crippen LogP contribution is -2.40.